The van der Waals surface area contributed by atoms with Gasteiger partial charge in [-0.25, -0.2) is 0 Å². The number of hydrogen-bond acceptors (Lipinski definition) is 0. The minimum atomic E-state index is -0.553. The van der Waals surface area contributed by atoms with Crippen LogP contribution in [0.3, 0.4) is 0 Å². The highest BCUT2D eigenvalue weighted by Crippen LogP contribution is 2.60. The molecule has 55 heavy (non-hydrogen) atoms. The predicted octanol–water partition coefficient (Wildman–Crippen LogP) is 14.6. The highest BCUT2D eigenvalue weighted by molar-refractivity contribution is 6.25. The quantitative estimate of drug-likeness (QED) is 0.161. The standard InChI is InChI=1S/C55H34/c1-3-17-43(18-4-1)55(44-19-5-2-6-20-44)49-33-41(45-29-26-38-24-23-36-15-11-16-37-27-30-47(45)52(38)51(36)37)28-31-48(49)54-50(55)34-40-14-9-10-21-46(40)53(54)42-25-22-35-12-7-8-13-39(35)32-42/h1-34H. The molecule has 0 saturated carbocycles. The molecule has 12 rings (SSSR count). The first kappa shape index (κ1) is 30.4. The molecule has 1 aliphatic rings. The van der Waals surface area contributed by atoms with E-state index in [9.17, 15) is 0 Å². The third-order valence-corrected chi connectivity index (χ3v) is 12.4. The van der Waals surface area contributed by atoms with Crippen molar-refractivity contribution in [2.45, 2.75) is 5.41 Å². The first-order valence-electron chi connectivity index (χ1n) is 19.3. The largest absolute Gasteiger partial charge is 0.0714 e. The second kappa shape index (κ2) is 11.5. The summed E-state index contributed by atoms with van der Waals surface area (Å²) < 4.78 is 0. The van der Waals surface area contributed by atoms with Gasteiger partial charge in [0, 0.05) is 0 Å². The summed E-state index contributed by atoms with van der Waals surface area (Å²) in [7, 11) is 0. The fraction of sp³-hybridized carbons (Fsp3) is 0.0182. The lowest BCUT2D eigenvalue weighted by atomic mass is 9.67. The molecular weight excluding hydrogens is 661 g/mol. The fourth-order valence-corrected chi connectivity index (χ4v) is 10.1. The Morgan fingerprint density at radius 2 is 0.836 bits per heavy atom. The monoisotopic (exact) mass is 694 g/mol. The van der Waals surface area contributed by atoms with Gasteiger partial charge in [0.1, 0.15) is 0 Å². The molecule has 0 fully saturated rings. The second-order valence-corrected chi connectivity index (χ2v) is 15.2. The van der Waals surface area contributed by atoms with E-state index in [1.54, 1.807) is 0 Å². The average Bonchev–Trinajstić information content (AvgIpc) is 3.54. The first-order valence-corrected chi connectivity index (χ1v) is 19.3. The highest BCUT2D eigenvalue weighted by Gasteiger charge is 2.47. The van der Waals surface area contributed by atoms with Crippen LogP contribution >= 0.6 is 0 Å². The van der Waals surface area contributed by atoms with Crippen molar-refractivity contribution >= 4 is 53.9 Å². The van der Waals surface area contributed by atoms with Crippen molar-refractivity contribution in [2.75, 3.05) is 0 Å². The third-order valence-electron chi connectivity index (χ3n) is 12.4. The Kier molecular flexibility index (Phi) is 6.36. The van der Waals surface area contributed by atoms with E-state index in [0.717, 1.165) is 0 Å². The van der Waals surface area contributed by atoms with Gasteiger partial charge < -0.3 is 0 Å². The Balaban J connectivity index is 1.23. The Bertz CT molecular complexity index is 3240. The van der Waals surface area contributed by atoms with Crippen molar-refractivity contribution in [1.29, 1.82) is 0 Å². The van der Waals surface area contributed by atoms with Gasteiger partial charge in [0.25, 0.3) is 0 Å². The van der Waals surface area contributed by atoms with Crippen molar-refractivity contribution in [3.63, 3.8) is 0 Å². The van der Waals surface area contributed by atoms with Crippen LogP contribution in [0.4, 0.5) is 0 Å². The van der Waals surface area contributed by atoms with Gasteiger partial charge in [0.05, 0.1) is 5.41 Å². The molecule has 0 heteroatoms. The van der Waals surface area contributed by atoms with E-state index >= 15 is 0 Å². The zero-order chi connectivity index (χ0) is 36.1. The van der Waals surface area contributed by atoms with Crippen LogP contribution in [-0.2, 0) is 5.41 Å². The summed E-state index contributed by atoms with van der Waals surface area (Å²) in [6, 6.07) is 77.4. The average molecular weight is 695 g/mol. The van der Waals surface area contributed by atoms with E-state index in [1.807, 2.05) is 0 Å². The lowest BCUT2D eigenvalue weighted by molar-refractivity contribution is 0.770. The lowest BCUT2D eigenvalue weighted by Crippen LogP contribution is -2.28. The summed E-state index contributed by atoms with van der Waals surface area (Å²) in [5.74, 6) is 0. The van der Waals surface area contributed by atoms with Crippen LogP contribution in [0.15, 0.2) is 206 Å². The number of fused-ring (bicyclic) bond motifs is 5. The van der Waals surface area contributed by atoms with Crippen LogP contribution < -0.4 is 0 Å². The summed E-state index contributed by atoms with van der Waals surface area (Å²) in [5.41, 5.74) is 12.3. The maximum atomic E-state index is 2.52. The molecule has 11 aromatic carbocycles. The Hall–Kier alpha value is -7.02. The summed E-state index contributed by atoms with van der Waals surface area (Å²) in [5, 5.41) is 12.9. The maximum Gasteiger partial charge on any atom is 0.0714 e. The van der Waals surface area contributed by atoms with Gasteiger partial charge in [0.2, 0.25) is 0 Å². The van der Waals surface area contributed by atoms with E-state index in [1.165, 1.54) is 109 Å². The van der Waals surface area contributed by atoms with Crippen molar-refractivity contribution in [3.05, 3.63) is 229 Å². The summed E-state index contributed by atoms with van der Waals surface area (Å²) in [6.07, 6.45) is 0. The van der Waals surface area contributed by atoms with Crippen LogP contribution in [0.5, 0.6) is 0 Å². The highest BCUT2D eigenvalue weighted by atomic mass is 14.5. The van der Waals surface area contributed by atoms with Gasteiger partial charge >= 0.3 is 0 Å². The zero-order valence-corrected chi connectivity index (χ0v) is 30.1. The van der Waals surface area contributed by atoms with E-state index in [4.69, 9.17) is 0 Å². The van der Waals surface area contributed by atoms with E-state index < -0.39 is 5.41 Å². The smallest absolute Gasteiger partial charge is 0.0622 e. The van der Waals surface area contributed by atoms with Gasteiger partial charge in [-0.1, -0.05) is 188 Å². The molecule has 0 unspecified atom stereocenters. The van der Waals surface area contributed by atoms with Crippen LogP contribution in [0.1, 0.15) is 22.3 Å². The van der Waals surface area contributed by atoms with Gasteiger partial charge in [-0.2, -0.15) is 0 Å². The van der Waals surface area contributed by atoms with Gasteiger partial charge in [-0.15, -0.1) is 0 Å². The normalized spacial score (nSPS) is 13.2. The molecule has 0 aliphatic heterocycles. The fourth-order valence-electron chi connectivity index (χ4n) is 10.1. The molecular formula is C55H34. The molecule has 0 atom stereocenters. The van der Waals surface area contributed by atoms with Crippen molar-refractivity contribution < 1.29 is 0 Å². The van der Waals surface area contributed by atoms with Crippen LogP contribution in [-0.4, -0.2) is 0 Å². The zero-order valence-electron chi connectivity index (χ0n) is 30.1. The summed E-state index contributed by atoms with van der Waals surface area (Å²) >= 11 is 0. The molecule has 0 spiro atoms. The molecule has 0 amide bonds. The molecule has 0 nitrogen and oxygen atoms in total. The topological polar surface area (TPSA) is 0 Å². The Morgan fingerprint density at radius 3 is 1.60 bits per heavy atom. The maximum absolute atomic E-state index is 2.52. The Labute approximate surface area is 319 Å². The minimum Gasteiger partial charge on any atom is -0.0622 e. The minimum absolute atomic E-state index is 0.553. The van der Waals surface area contributed by atoms with Crippen LogP contribution in [0, 0.1) is 0 Å². The van der Waals surface area contributed by atoms with Gasteiger partial charge in [0.15, 0.2) is 0 Å². The Morgan fingerprint density at radius 1 is 0.273 bits per heavy atom. The third kappa shape index (κ3) is 4.23. The molecule has 0 bridgehead atoms. The van der Waals surface area contributed by atoms with Gasteiger partial charge in [-0.3, -0.25) is 0 Å². The molecule has 1 aliphatic carbocycles. The molecule has 0 N–H and O–H groups in total. The van der Waals surface area contributed by atoms with Crippen molar-refractivity contribution in [2.24, 2.45) is 0 Å². The van der Waals surface area contributed by atoms with Gasteiger partial charge in [-0.05, 0) is 128 Å². The van der Waals surface area contributed by atoms with E-state index in [-0.39, 0.29) is 0 Å². The SMILES string of the molecule is c1ccc(C2(c3ccccc3)c3cc(-c4ccc5ccc6cccc7ccc4c5c67)ccc3-c3c2cc2ccccc2c3-c2ccc3ccccc3c2)cc1. The molecule has 0 radical (unpaired) electrons. The number of rotatable bonds is 4. The number of benzene rings is 11. The molecule has 254 valence electrons. The van der Waals surface area contributed by atoms with Crippen LogP contribution in [0.25, 0.3) is 87.2 Å². The van der Waals surface area contributed by atoms with Crippen molar-refractivity contribution in [1.82, 2.24) is 0 Å². The lowest BCUT2D eigenvalue weighted by Gasteiger charge is -2.34. The molecule has 11 aromatic rings. The first-order chi connectivity index (χ1) is 27.3. The van der Waals surface area contributed by atoms with Crippen LogP contribution in [0.2, 0.25) is 0 Å². The van der Waals surface area contributed by atoms with Crippen molar-refractivity contribution in [3.8, 4) is 33.4 Å². The molecule has 0 heterocycles. The molecule has 0 aromatic heterocycles. The van der Waals surface area contributed by atoms with E-state index in [2.05, 4.69) is 206 Å². The summed E-state index contributed by atoms with van der Waals surface area (Å²) in [6.45, 7) is 0. The second-order valence-electron chi connectivity index (χ2n) is 15.2. The predicted molar refractivity (Wildman–Crippen MR) is 233 cm³/mol. The summed E-state index contributed by atoms with van der Waals surface area (Å²) in [4.78, 5) is 0. The number of hydrogen-bond donors (Lipinski definition) is 0. The van der Waals surface area contributed by atoms with E-state index in [0.29, 0.717) is 0 Å². The molecule has 0 saturated heterocycles.